The Morgan fingerprint density at radius 2 is 1.87 bits per heavy atom. The summed E-state index contributed by atoms with van der Waals surface area (Å²) in [5, 5.41) is 0. The molecule has 0 saturated carbocycles. The van der Waals surface area contributed by atoms with E-state index in [9.17, 15) is 4.39 Å². The van der Waals surface area contributed by atoms with Gasteiger partial charge in [0.25, 0.3) is 0 Å². The lowest BCUT2D eigenvalue weighted by Crippen LogP contribution is -2.52. The van der Waals surface area contributed by atoms with Crippen LogP contribution < -0.4 is 0 Å². The van der Waals surface area contributed by atoms with Crippen LogP contribution in [0.3, 0.4) is 0 Å². The van der Waals surface area contributed by atoms with Gasteiger partial charge in [-0.3, -0.25) is 4.90 Å². The first-order valence-electron chi connectivity index (χ1n) is 5.80. The van der Waals surface area contributed by atoms with Crippen molar-refractivity contribution >= 4 is 0 Å². The summed E-state index contributed by atoms with van der Waals surface area (Å²) in [7, 11) is 4.02. The predicted molar refractivity (Wildman–Crippen MR) is 62.9 cm³/mol. The van der Waals surface area contributed by atoms with Gasteiger partial charge in [-0.2, -0.15) is 0 Å². The third-order valence-corrected chi connectivity index (χ3v) is 3.14. The summed E-state index contributed by atoms with van der Waals surface area (Å²) < 4.78 is 13.9. The van der Waals surface area contributed by atoms with Crippen LogP contribution in [0.1, 0.15) is 34.1 Å². The normalized spacial score (nSPS) is 34.0. The molecule has 3 heteroatoms. The van der Waals surface area contributed by atoms with E-state index in [1.165, 1.54) is 0 Å². The van der Waals surface area contributed by atoms with Crippen LogP contribution in [0, 0.1) is 0 Å². The molecule has 1 aliphatic rings. The van der Waals surface area contributed by atoms with Crippen molar-refractivity contribution in [2.24, 2.45) is 0 Å². The van der Waals surface area contributed by atoms with Gasteiger partial charge in [-0.25, -0.2) is 4.39 Å². The van der Waals surface area contributed by atoms with Gasteiger partial charge in [-0.15, -0.1) is 0 Å². The molecule has 90 valence electrons. The van der Waals surface area contributed by atoms with Gasteiger partial charge in [-0.1, -0.05) is 0 Å². The Labute approximate surface area is 93.4 Å². The lowest BCUT2D eigenvalue weighted by molar-refractivity contribution is 0.0541. The molecule has 1 unspecified atom stereocenters. The summed E-state index contributed by atoms with van der Waals surface area (Å²) in [5.41, 5.74) is 0.0565. The Bertz CT molecular complexity index is 210. The first kappa shape index (κ1) is 12.9. The molecular formula is C12H25FN2. The molecule has 3 atom stereocenters. The van der Waals surface area contributed by atoms with Crippen LogP contribution in [0.4, 0.5) is 4.39 Å². The Kier molecular flexibility index (Phi) is 3.77. The molecule has 1 saturated heterocycles. The van der Waals surface area contributed by atoms with Crippen molar-refractivity contribution in [3.05, 3.63) is 0 Å². The lowest BCUT2D eigenvalue weighted by atomic mass is 10.0. The number of halogens is 1. The average Bonchev–Trinajstić information content (AvgIpc) is 2.23. The highest BCUT2D eigenvalue weighted by atomic mass is 19.1. The zero-order valence-corrected chi connectivity index (χ0v) is 10.9. The Balaban J connectivity index is 2.80. The van der Waals surface area contributed by atoms with Crippen molar-refractivity contribution in [2.75, 3.05) is 20.6 Å². The summed E-state index contributed by atoms with van der Waals surface area (Å²) in [5.74, 6) is 0. The molecule has 1 aliphatic heterocycles. The number of likely N-dealkylation sites (tertiary alicyclic amines) is 1. The Morgan fingerprint density at radius 1 is 1.33 bits per heavy atom. The highest BCUT2D eigenvalue weighted by Gasteiger charge is 2.44. The maximum absolute atomic E-state index is 13.9. The molecule has 0 spiro atoms. The van der Waals surface area contributed by atoms with Gasteiger partial charge in [0.1, 0.15) is 6.17 Å². The van der Waals surface area contributed by atoms with Gasteiger partial charge in [0.05, 0.1) is 6.04 Å². The van der Waals surface area contributed by atoms with Crippen LogP contribution in [-0.2, 0) is 0 Å². The number of nitrogens with zero attached hydrogens (tertiary/aromatic N) is 2. The Morgan fingerprint density at radius 3 is 2.27 bits per heavy atom. The molecule has 0 radical (unpaired) electrons. The topological polar surface area (TPSA) is 6.48 Å². The molecule has 1 heterocycles. The largest absolute Gasteiger partial charge is 0.308 e. The minimum Gasteiger partial charge on any atom is -0.308 e. The number of hydrogen-bond acceptors (Lipinski definition) is 2. The monoisotopic (exact) mass is 216 g/mol. The van der Waals surface area contributed by atoms with E-state index in [0.717, 1.165) is 6.54 Å². The van der Waals surface area contributed by atoms with Gasteiger partial charge < -0.3 is 4.90 Å². The van der Waals surface area contributed by atoms with Gasteiger partial charge in [0.15, 0.2) is 0 Å². The Hall–Kier alpha value is -0.150. The maximum Gasteiger partial charge on any atom is 0.118 e. The first-order chi connectivity index (χ1) is 6.73. The third-order valence-electron chi connectivity index (χ3n) is 3.14. The quantitative estimate of drug-likeness (QED) is 0.698. The van der Waals surface area contributed by atoms with Crippen LogP contribution in [0.15, 0.2) is 0 Å². The minimum atomic E-state index is -0.679. The van der Waals surface area contributed by atoms with Crippen LogP contribution in [0.2, 0.25) is 0 Å². The van der Waals surface area contributed by atoms with E-state index in [2.05, 4.69) is 37.5 Å². The molecule has 0 aromatic heterocycles. The summed E-state index contributed by atoms with van der Waals surface area (Å²) in [6.07, 6.45) is -0.00269. The van der Waals surface area contributed by atoms with E-state index in [0.29, 0.717) is 12.5 Å². The van der Waals surface area contributed by atoms with E-state index in [4.69, 9.17) is 0 Å². The van der Waals surface area contributed by atoms with Crippen molar-refractivity contribution in [2.45, 2.75) is 57.9 Å². The number of alkyl halides is 1. The van der Waals surface area contributed by atoms with Gasteiger partial charge in [-0.05, 0) is 48.2 Å². The molecule has 2 nitrogen and oxygen atoms in total. The highest BCUT2D eigenvalue weighted by Crippen LogP contribution is 2.33. The van der Waals surface area contributed by atoms with E-state index in [-0.39, 0.29) is 11.6 Å². The second-order valence-corrected chi connectivity index (χ2v) is 6.01. The van der Waals surface area contributed by atoms with E-state index in [1.54, 1.807) is 0 Å². The standard InChI is InChI=1S/C12H25FN2/c1-9-7-10(13)11(8-14(5)6)15(9)12(2,3)4/h9-11H,7-8H2,1-6H3/t9-,10-,11?/m1/s1. The van der Waals surface area contributed by atoms with Gasteiger partial charge >= 0.3 is 0 Å². The summed E-state index contributed by atoms with van der Waals surface area (Å²) in [4.78, 5) is 4.41. The van der Waals surface area contributed by atoms with Gasteiger partial charge in [0.2, 0.25) is 0 Å². The molecule has 1 rings (SSSR count). The molecule has 0 aliphatic carbocycles. The molecule has 0 aromatic rings. The van der Waals surface area contributed by atoms with E-state index in [1.807, 2.05) is 14.1 Å². The first-order valence-corrected chi connectivity index (χ1v) is 5.80. The SMILES string of the molecule is C[C@@H]1C[C@@H](F)C(CN(C)C)N1C(C)(C)C. The van der Waals surface area contributed by atoms with Crippen molar-refractivity contribution in [1.82, 2.24) is 9.80 Å². The second kappa shape index (κ2) is 4.38. The molecule has 15 heavy (non-hydrogen) atoms. The minimum absolute atomic E-state index is 0.0509. The van der Waals surface area contributed by atoms with Crippen molar-refractivity contribution in [3.63, 3.8) is 0 Å². The fraction of sp³-hybridized carbons (Fsp3) is 1.00. The molecule has 0 amide bonds. The average molecular weight is 216 g/mol. The fourth-order valence-electron chi connectivity index (χ4n) is 2.83. The van der Waals surface area contributed by atoms with E-state index < -0.39 is 6.17 Å². The van der Waals surface area contributed by atoms with Crippen molar-refractivity contribution in [3.8, 4) is 0 Å². The second-order valence-electron chi connectivity index (χ2n) is 6.01. The summed E-state index contributed by atoms with van der Waals surface area (Å²) in [6, 6.07) is 0.403. The summed E-state index contributed by atoms with van der Waals surface area (Å²) >= 11 is 0. The predicted octanol–water partition coefficient (Wildman–Crippen LogP) is 2.15. The zero-order valence-electron chi connectivity index (χ0n) is 10.9. The maximum atomic E-state index is 13.9. The smallest absolute Gasteiger partial charge is 0.118 e. The number of likely N-dealkylation sites (N-methyl/N-ethyl adjacent to an activating group) is 1. The van der Waals surface area contributed by atoms with Crippen LogP contribution >= 0.6 is 0 Å². The summed E-state index contributed by atoms with van der Waals surface area (Å²) in [6.45, 7) is 9.45. The van der Waals surface area contributed by atoms with Crippen LogP contribution in [0.25, 0.3) is 0 Å². The fourth-order valence-corrected chi connectivity index (χ4v) is 2.83. The van der Waals surface area contributed by atoms with Crippen molar-refractivity contribution in [1.29, 1.82) is 0 Å². The zero-order chi connectivity index (χ0) is 11.8. The molecule has 1 fully saturated rings. The lowest BCUT2D eigenvalue weighted by Gasteiger charge is -2.41. The van der Waals surface area contributed by atoms with Crippen molar-refractivity contribution < 1.29 is 4.39 Å². The van der Waals surface area contributed by atoms with Crippen LogP contribution in [-0.4, -0.2) is 54.2 Å². The molecule has 0 N–H and O–H groups in total. The molecule has 0 aromatic carbocycles. The number of hydrogen-bond donors (Lipinski definition) is 0. The highest BCUT2D eigenvalue weighted by molar-refractivity contribution is 4.98. The molecular weight excluding hydrogens is 191 g/mol. The number of rotatable bonds is 2. The van der Waals surface area contributed by atoms with E-state index >= 15 is 0 Å². The third kappa shape index (κ3) is 2.91. The van der Waals surface area contributed by atoms with Crippen LogP contribution in [0.5, 0.6) is 0 Å². The molecule has 0 bridgehead atoms. The van der Waals surface area contributed by atoms with Gasteiger partial charge in [0, 0.05) is 18.1 Å².